The summed E-state index contributed by atoms with van der Waals surface area (Å²) in [6.07, 6.45) is 3.58. The standard InChI is InChI=1S/C24H24N2O3S/c1-2-29-23(28)20-9-6-14-26(16-20)24-25-22(27)21(30-24)15-17-10-12-19(13-11-17)18-7-4-3-5-8-18/h3-5,7-8,10-13,15,20H,2,6,9,14,16H2,1H3/b21-15-/t20-/m1/s1. The average molecular weight is 421 g/mol. The molecule has 1 amide bonds. The third-order valence-corrected chi connectivity index (χ3v) is 6.28. The van der Waals surface area contributed by atoms with Crippen LogP contribution in [0.2, 0.25) is 0 Å². The summed E-state index contributed by atoms with van der Waals surface area (Å²) in [6.45, 7) is 3.56. The summed E-state index contributed by atoms with van der Waals surface area (Å²) in [7, 11) is 0. The number of thioether (sulfide) groups is 1. The highest BCUT2D eigenvalue weighted by atomic mass is 32.2. The number of ether oxygens (including phenoxy) is 1. The molecule has 1 fully saturated rings. The second kappa shape index (κ2) is 9.30. The number of esters is 1. The van der Waals surface area contributed by atoms with Gasteiger partial charge in [-0.1, -0.05) is 54.6 Å². The van der Waals surface area contributed by atoms with Gasteiger partial charge in [-0.25, -0.2) is 0 Å². The molecule has 30 heavy (non-hydrogen) atoms. The number of hydrogen-bond donors (Lipinski definition) is 0. The van der Waals surface area contributed by atoms with Crippen LogP contribution in [0.15, 0.2) is 64.5 Å². The first-order valence-electron chi connectivity index (χ1n) is 10.2. The van der Waals surface area contributed by atoms with Crippen molar-refractivity contribution in [2.45, 2.75) is 19.8 Å². The normalized spacial score (nSPS) is 20.4. The maximum Gasteiger partial charge on any atom is 0.310 e. The van der Waals surface area contributed by atoms with Gasteiger partial charge in [0.25, 0.3) is 5.91 Å². The van der Waals surface area contributed by atoms with Crippen molar-refractivity contribution >= 4 is 34.9 Å². The second-order valence-electron chi connectivity index (χ2n) is 7.34. The van der Waals surface area contributed by atoms with Crippen molar-refractivity contribution in [1.82, 2.24) is 4.90 Å². The minimum atomic E-state index is -0.222. The van der Waals surface area contributed by atoms with Crippen LogP contribution in [-0.4, -0.2) is 41.6 Å². The van der Waals surface area contributed by atoms with Crippen molar-refractivity contribution < 1.29 is 14.3 Å². The minimum absolute atomic E-state index is 0.157. The Bertz CT molecular complexity index is 983. The number of likely N-dealkylation sites (tertiary alicyclic amines) is 1. The number of hydrogen-bond acceptors (Lipinski definition) is 5. The first-order valence-corrected chi connectivity index (χ1v) is 11.1. The van der Waals surface area contributed by atoms with E-state index >= 15 is 0 Å². The molecule has 6 heteroatoms. The van der Waals surface area contributed by atoms with E-state index in [1.807, 2.05) is 48.2 Å². The van der Waals surface area contributed by atoms with E-state index in [1.165, 1.54) is 11.8 Å². The van der Waals surface area contributed by atoms with Gasteiger partial charge >= 0.3 is 5.97 Å². The van der Waals surface area contributed by atoms with Crippen molar-refractivity contribution in [3.8, 4) is 11.1 Å². The lowest BCUT2D eigenvalue weighted by Gasteiger charge is -2.32. The van der Waals surface area contributed by atoms with Gasteiger partial charge in [-0.2, -0.15) is 4.99 Å². The number of amides is 1. The molecule has 0 spiro atoms. The van der Waals surface area contributed by atoms with Crippen LogP contribution in [-0.2, 0) is 14.3 Å². The molecule has 1 saturated heterocycles. The van der Waals surface area contributed by atoms with Crippen LogP contribution in [0.3, 0.4) is 0 Å². The van der Waals surface area contributed by atoms with Crippen molar-refractivity contribution in [3.63, 3.8) is 0 Å². The van der Waals surface area contributed by atoms with E-state index in [1.54, 1.807) is 0 Å². The highest BCUT2D eigenvalue weighted by Gasteiger charge is 2.32. The maximum atomic E-state index is 12.4. The highest BCUT2D eigenvalue weighted by Crippen LogP contribution is 2.32. The van der Waals surface area contributed by atoms with Gasteiger partial charge in [-0.3, -0.25) is 9.59 Å². The number of amidine groups is 1. The first kappa shape index (κ1) is 20.4. The number of piperidine rings is 1. The molecule has 0 bridgehead atoms. The SMILES string of the molecule is CCOC(=O)[C@@H]1CCCN(C2=NC(=O)/C(=C/c3ccc(-c4ccccc4)cc3)S2)C1. The molecule has 0 aromatic heterocycles. The summed E-state index contributed by atoms with van der Waals surface area (Å²) in [5, 5.41) is 0.682. The second-order valence-corrected chi connectivity index (χ2v) is 8.34. The van der Waals surface area contributed by atoms with Gasteiger partial charge < -0.3 is 9.64 Å². The Labute approximate surface area is 180 Å². The van der Waals surface area contributed by atoms with E-state index in [2.05, 4.69) is 29.3 Å². The smallest absolute Gasteiger partial charge is 0.310 e. The van der Waals surface area contributed by atoms with Crippen LogP contribution in [0.5, 0.6) is 0 Å². The van der Waals surface area contributed by atoms with Gasteiger partial charge in [0.2, 0.25) is 0 Å². The van der Waals surface area contributed by atoms with E-state index in [4.69, 9.17) is 4.74 Å². The quantitative estimate of drug-likeness (QED) is 0.534. The van der Waals surface area contributed by atoms with Crippen molar-refractivity contribution in [3.05, 3.63) is 65.1 Å². The Hall–Kier alpha value is -2.86. The van der Waals surface area contributed by atoms with Crippen LogP contribution < -0.4 is 0 Å². The Morgan fingerprint density at radius 2 is 1.90 bits per heavy atom. The number of nitrogens with zero attached hydrogens (tertiary/aromatic N) is 2. The summed E-state index contributed by atoms with van der Waals surface area (Å²) in [4.78, 5) is 31.4. The highest BCUT2D eigenvalue weighted by molar-refractivity contribution is 8.18. The third-order valence-electron chi connectivity index (χ3n) is 5.24. The van der Waals surface area contributed by atoms with Crippen LogP contribution >= 0.6 is 11.8 Å². The van der Waals surface area contributed by atoms with Crippen LogP contribution in [0.25, 0.3) is 17.2 Å². The molecule has 1 atom stereocenters. The number of benzene rings is 2. The zero-order chi connectivity index (χ0) is 20.9. The van der Waals surface area contributed by atoms with Gasteiger partial charge in [0.05, 0.1) is 17.4 Å². The molecule has 0 aliphatic carbocycles. The van der Waals surface area contributed by atoms with E-state index in [-0.39, 0.29) is 17.8 Å². The summed E-state index contributed by atoms with van der Waals surface area (Å²) in [5.74, 6) is -0.539. The van der Waals surface area contributed by atoms with E-state index in [0.29, 0.717) is 23.2 Å². The fourth-order valence-corrected chi connectivity index (χ4v) is 4.64. The van der Waals surface area contributed by atoms with E-state index in [0.717, 1.165) is 36.1 Å². The third kappa shape index (κ3) is 4.65. The number of carbonyl (C=O) groups excluding carboxylic acids is 2. The van der Waals surface area contributed by atoms with Crippen molar-refractivity contribution in [2.24, 2.45) is 10.9 Å². The zero-order valence-electron chi connectivity index (χ0n) is 16.9. The Morgan fingerprint density at radius 1 is 1.17 bits per heavy atom. The predicted octanol–water partition coefficient (Wildman–Crippen LogP) is 4.60. The Balaban J connectivity index is 1.43. The molecule has 154 valence electrons. The fraction of sp³-hybridized carbons (Fsp3) is 0.292. The Morgan fingerprint density at radius 3 is 2.63 bits per heavy atom. The lowest BCUT2D eigenvalue weighted by Crippen LogP contribution is -2.41. The van der Waals surface area contributed by atoms with Crippen molar-refractivity contribution in [1.29, 1.82) is 0 Å². The Kier molecular flexibility index (Phi) is 6.33. The maximum absolute atomic E-state index is 12.4. The molecule has 5 nitrogen and oxygen atoms in total. The molecular formula is C24H24N2O3S. The largest absolute Gasteiger partial charge is 0.466 e. The van der Waals surface area contributed by atoms with E-state index < -0.39 is 0 Å². The number of rotatable bonds is 4. The molecule has 2 aromatic carbocycles. The fourth-order valence-electron chi connectivity index (χ4n) is 3.69. The van der Waals surface area contributed by atoms with Gasteiger partial charge in [0.1, 0.15) is 0 Å². The van der Waals surface area contributed by atoms with Gasteiger partial charge in [-0.15, -0.1) is 0 Å². The number of carbonyl (C=O) groups is 2. The minimum Gasteiger partial charge on any atom is -0.466 e. The first-order chi connectivity index (χ1) is 14.6. The molecule has 0 saturated carbocycles. The predicted molar refractivity (Wildman–Crippen MR) is 121 cm³/mol. The topological polar surface area (TPSA) is 59.0 Å². The molecule has 2 aromatic rings. The molecule has 2 heterocycles. The zero-order valence-corrected chi connectivity index (χ0v) is 17.7. The molecule has 0 unspecified atom stereocenters. The van der Waals surface area contributed by atoms with Crippen molar-refractivity contribution in [2.75, 3.05) is 19.7 Å². The molecule has 0 N–H and O–H groups in total. The summed E-state index contributed by atoms with van der Waals surface area (Å²) < 4.78 is 5.16. The molecule has 4 rings (SSSR count). The van der Waals surface area contributed by atoms with Crippen LogP contribution in [0, 0.1) is 5.92 Å². The van der Waals surface area contributed by atoms with Gasteiger partial charge in [0, 0.05) is 13.1 Å². The molecule has 0 radical (unpaired) electrons. The molecular weight excluding hydrogens is 396 g/mol. The van der Waals surface area contributed by atoms with Crippen LogP contribution in [0.1, 0.15) is 25.3 Å². The monoisotopic (exact) mass is 420 g/mol. The molecule has 2 aliphatic rings. The van der Waals surface area contributed by atoms with Crippen LogP contribution in [0.4, 0.5) is 0 Å². The summed E-state index contributed by atoms with van der Waals surface area (Å²) in [6, 6.07) is 18.3. The van der Waals surface area contributed by atoms with E-state index in [9.17, 15) is 9.59 Å². The molecule has 2 aliphatic heterocycles. The lowest BCUT2D eigenvalue weighted by molar-refractivity contribution is -0.149. The average Bonchev–Trinajstić information content (AvgIpc) is 3.15. The van der Waals surface area contributed by atoms with Gasteiger partial charge in [0.15, 0.2) is 5.17 Å². The van der Waals surface area contributed by atoms with Gasteiger partial charge in [-0.05, 0) is 54.3 Å². The summed E-state index contributed by atoms with van der Waals surface area (Å²) >= 11 is 1.38. The summed E-state index contributed by atoms with van der Waals surface area (Å²) in [5.41, 5.74) is 3.26. The lowest BCUT2D eigenvalue weighted by atomic mass is 9.99. The number of aliphatic imine (C=N–C) groups is 1.